The molecule has 0 radical (unpaired) electrons. The molecule has 0 fully saturated rings. The van der Waals surface area contributed by atoms with E-state index in [1.165, 1.54) is 12.8 Å². The fourth-order valence-corrected chi connectivity index (χ4v) is 2.47. The van der Waals surface area contributed by atoms with Gasteiger partial charge >= 0.3 is 0 Å². The van der Waals surface area contributed by atoms with E-state index in [0.717, 1.165) is 28.6 Å². The maximum atomic E-state index is 11.8. The second-order valence-corrected chi connectivity index (χ2v) is 5.35. The van der Waals surface area contributed by atoms with Gasteiger partial charge in [0.25, 0.3) is 0 Å². The van der Waals surface area contributed by atoms with Crippen LogP contribution in [-0.2, 0) is 11.2 Å². The number of halogens is 1. The number of rotatable bonds is 8. The van der Waals surface area contributed by atoms with Crippen LogP contribution in [0.25, 0.3) is 0 Å². The first-order valence-corrected chi connectivity index (χ1v) is 7.30. The van der Waals surface area contributed by atoms with Crippen LogP contribution in [-0.4, -0.2) is 12.9 Å². The average Bonchev–Trinajstić information content (AvgIpc) is 2.35. The SMILES string of the molecule is CCCCCCC(=O)Cc1ccc(OC)c(Br)c1. The number of ketones is 1. The third-order valence-corrected chi connectivity index (χ3v) is 3.55. The highest BCUT2D eigenvalue weighted by Crippen LogP contribution is 2.25. The van der Waals surface area contributed by atoms with Gasteiger partial charge in [0, 0.05) is 12.8 Å². The quantitative estimate of drug-likeness (QED) is 0.659. The Balaban J connectivity index is 2.42. The summed E-state index contributed by atoms with van der Waals surface area (Å²) in [5.74, 6) is 1.12. The van der Waals surface area contributed by atoms with Gasteiger partial charge in [-0.15, -0.1) is 0 Å². The van der Waals surface area contributed by atoms with Gasteiger partial charge in [0.2, 0.25) is 0 Å². The van der Waals surface area contributed by atoms with Crippen LogP contribution in [0.3, 0.4) is 0 Å². The number of unbranched alkanes of at least 4 members (excludes halogenated alkanes) is 3. The van der Waals surface area contributed by atoms with Crippen molar-refractivity contribution in [2.45, 2.75) is 45.4 Å². The maximum absolute atomic E-state index is 11.8. The van der Waals surface area contributed by atoms with Crippen molar-refractivity contribution in [2.24, 2.45) is 0 Å². The first-order chi connectivity index (χ1) is 8.67. The molecule has 0 unspecified atom stereocenters. The molecule has 0 heterocycles. The van der Waals surface area contributed by atoms with E-state index in [1.54, 1.807) is 7.11 Å². The Hall–Kier alpha value is -0.830. The second kappa shape index (κ2) is 8.30. The molecule has 1 aromatic carbocycles. The molecule has 18 heavy (non-hydrogen) atoms. The highest BCUT2D eigenvalue weighted by atomic mass is 79.9. The molecule has 0 aromatic heterocycles. The number of hydrogen-bond donors (Lipinski definition) is 0. The lowest BCUT2D eigenvalue weighted by atomic mass is 10.0. The molecule has 0 aliphatic rings. The molecule has 2 nitrogen and oxygen atoms in total. The van der Waals surface area contributed by atoms with Gasteiger partial charge in [0.05, 0.1) is 11.6 Å². The summed E-state index contributed by atoms with van der Waals surface area (Å²) in [4.78, 5) is 11.8. The third kappa shape index (κ3) is 5.21. The van der Waals surface area contributed by atoms with E-state index in [1.807, 2.05) is 18.2 Å². The van der Waals surface area contributed by atoms with Gasteiger partial charge in [-0.2, -0.15) is 0 Å². The number of Topliss-reactive ketones (excluding diaryl/α,β-unsaturated/α-hetero) is 1. The number of carbonyl (C=O) groups excluding carboxylic acids is 1. The lowest BCUT2D eigenvalue weighted by Crippen LogP contribution is -2.02. The number of hydrogen-bond acceptors (Lipinski definition) is 2. The van der Waals surface area contributed by atoms with E-state index in [4.69, 9.17) is 4.74 Å². The Bertz CT molecular complexity index is 388. The molecule has 0 aliphatic carbocycles. The van der Waals surface area contributed by atoms with E-state index in [0.29, 0.717) is 18.6 Å². The van der Waals surface area contributed by atoms with Gasteiger partial charge in [-0.25, -0.2) is 0 Å². The lowest BCUT2D eigenvalue weighted by Gasteiger charge is -2.06. The predicted octanol–water partition coefficient (Wildman–Crippen LogP) is 4.54. The van der Waals surface area contributed by atoms with Gasteiger partial charge in [0.1, 0.15) is 11.5 Å². The zero-order valence-electron chi connectivity index (χ0n) is 11.2. The molecule has 0 N–H and O–H groups in total. The zero-order valence-corrected chi connectivity index (χ0v) is 12.8. The van der Waals surface area contributed by atoms with Crippen LogP contribution < -0.4 is 4.74 Å². The van der Waals surface area contributed by atoms with E-state index in [-0.39, 0.29) is 0 Å². The molecule has 1 rings (SSSR count). The number of carbonyl (C=O) groups is 1. The molecule has 0 saturated carbocycles. The number of ether oxygens (including phenoxy) is 1. The Morgan fingerprint density at radius 3 is 2.67 bits per heavy atom. The van der Waals surface area contributed by atoms with Crippen LogP contribution in [0.4, 0.5) is 0 Å². The molecule has 1 aromatic rings. The zero-order chi connectivity index (χ0) is 13.4. The molecule has 0 spiro atoms. The van der Waals surface area contributed by atoms with Crippen LogP contribution in [0.1, 0.15) is 44.6 Å². The summed E-state index contributed by atoms with van der Waals surface area (Å²) in [6.07, 6.45) is 5.83. The second-order valence-electron chi connectivity index (χ2n) is 4.50. The molecule has 0 aliphatic heterocycles. The van der Waals surface area contributed by atoms with Crippen molar-refractivity contribution in [1.82, 2.24) is 0 Å². The normalized spacial score (nSPS) is 10.4. The first-order valence-electron chi connectivity index (χ1n) is 6.51. The third-order valence-electron chi connectivity index (χ3n) is 2.93. The van der Waals surface area contributed by atoms with Crippen molar-refractivity contribution in [1.29, 1.82) is 0 Å². The van der Waals surface area contributed by atoms with Gasteiger partial charge in [-0.1, -0.05) is 32.3 Å². The highest BCUT2D eigenvalue weighted by molar-refractivity contribution is 9.10. The van der Waals surface area contributed by atoms with Crippen molar-refractivity contribution >= 4 is 21.7 Å². The average molecular weight is 313 g/mol. The number of methoxy groups -OCH3 is 1. The van der Waals surface area contributed by atoms with Crippen molar-refractivity contribution in [2.75, 3.05) is 7.11 Å². The summed E-state index contributed by atoms with van der Waals surface area (Å²) in [6.45, 7) is 2.18. The Morgan fingerprint density at radius 2 is 2.06 bits per heavy atom. The molecule has 0 atom stereocenters. The molecular formula is C15H21BrO2. The molecule has 0 amide bonds. The predicted molar refractivity (Wildman–Crippen MR) is 78.2 cm³/mol. The minimum absolute atomic E-state index is 0.322. The maximum Gasteiger partial charge on any atom is 0.137 e. The Kier molecular flexibility index (Phi) is 7.02. The van der Waals surface area contributed by atoms with Gasteiger partial charge in [-0.3, -0.25) is 4.79 Å². The summed E-state index contributed by atoms with van der Waals surface area (Å²) in [6, 6.07) is 5.81. The minimum atomic E-state index is 0.322. The standard InChI is InChI=1S/C15H21BrO2/c1-3-4-5-6-7-13(17)10-12-8-9-15(18-2)14(16)11-12/h8-9,11H,3-7,10H2,1-2H3. The fraction of sp³-hybridized carbons (Fsp3) is 0.533. The smallest absolute Gasteiger partial charge is 0.137 e. The summed E-state index contributed by atoms with van der Waals surface area (Å²) in [7, 11) is 1.64. The summed E-state index contributed by atoms with van der Waals surface area (Å²) in [5.41, 5.74) is 1.04. The summed E-state index contributed by atoms with van der Waals surface area (Å²) >= 11 is 3.43. The van der Waals surface area contributed by atoms with Crippen LogP contribution in [0.15, 0.2) is 22.7 Å². The van der Waals surface area contributed by atoms with E-state index >= 15 is 0 Å². The monoisotopic (exact) mass is 312 g/mol. The van der Waals surface area contributed by atoms with Gasteiger partial charge < -0.3 is 4.74 Å². The molecule has 100 valence electrons. The topological polar surface area (TPSA) is 26.3 Å². The van der Waals surface area contributed by atoms with Crippen molar-refractivity contribution < 1.29 is 9.53 Å². The molecule has 3 heteroatoms. The largest absolute Gasteiger partial charge is 0.496 e. The lowest BCUT2D eigenvalue weighted by molar-refractivity contribution is -0.118. The van der Waals surface area contributed by atoms with Crippen LogP contribution in [0.2, 0.25) is 0 Å². The first kappa shape index (κ1) is 15.2. The van der Waals surface area contributed by atoms with Crippen LogP contribution in [0, 0.1) is 0 Å². The highest BCUT2D eigenvalue weighted by Gasteiger charge is 2.06. The van der Waals surface area contributed by atoms with Gasteiger partial charge in [-0.05, 0) is 40.0 Å². The Morgan fingerprint density at radius 1 is 1.28 bits per heavy atom. The van der Waals surface area contributed by atoms with Gasteiger partial charge in [0.15, 0.2) is 0 Å². The molecule has 0 bridgehead atoms. The van der Waals surface area contributed by atoms with Crippen LogP contribution >= 0.6 is 15.9 Å². The van der Waals surface area contributed by atoms with E-state index in [9.17, 15) is 4.79 Å². The minimum Gasteiger partial charge on any atom is -0.496 e. The van der Waals surface area contributed by atoms with Crippen molar-refractivity contribution in [3.05, 3.63) is 28.2 Å². The Labute approximate surface area is 118 Å². The fourth-order valence-electron chi connectivity index (χ4n) is 1.88. The van der Waals surface area contributed by atoms with E-state index < -0.39 is 0 Å². The number of benzene rings is 1. The molecule has 0 saturated heterocycles. The van der Waals surface area contributed by atoms with Crippen molar-refractivity contribution in [3.8, 4) is 5.75 Å². The van der Waals surface area contributed by atoms with Crippen molar-refractivity contribution in [3.63, 3.8) is 0 Å². The molecular weight excluding hydrogens is 292 g/mol. The summed E-state index contributed by atoms with van der Waals surface area (Å²) in [5, 5.41) is 0. The summed E-state index contributed by atoms with van der Waals surface area (Å²) < 4.78 is 6.07. The van der Waals surface area contributed by atoms with Crippen LogP contribution in [0.5, 0.6) is 5.75 Å². The van der Waals surface area contributed by atoms with E-state index in [2.05, 4.69) is 22.9 Å².